The molecule has 23 heavy (non-hydrogen) atoms. The number of benzene rings is 1. The zero-order valence-electron chi connectivity index (χ0n) is 13.9. The Labute approximate surface area is 138 Å². The number of nitrogens with zero attached hydrogens (tertiary/aromatic N) is 1. The lowest BCUT2D eigenvalue weighted by atomic mass is 10.0. The Morgan fingerprint density at radius 3 is 2.57 bits per heavy atom. The number of nitrogens with one attached hydrogen (secondary N) is 1. The van der Waals surface area contributed by atoms with Crippen molar-refractivity contribution in [3.63, 3.8) is 0 Å². The lowest BCUT2D eigenvalue weighted by Crippen LogP contribution is -2.47. The summed E-state index contributed by atoms with van der Waals surface area (Å²) in [5, 5.41) is 3.13. The van der Waals surface area contributed by atoms with E-state index < -0.39 is 0 Å². The first-order chi connectivity index (χ1) is 11.1. The fourth-order valence-electron chi connectivity index (χ4n) is 3.26. The number of piperidine rings is 1. The van der Waals surface area contributed by atoms with Crippen LogP contribution >= 0.6 is 0 Å². The van der Waals surface area contributed by atoms with Crippen molar-refractivity contribution in [1.82, 2.24) is 10.2 Å². The van der Waals surface area contributed by atoms with E-state index in [4.69, 9.17) is 0 Å². The van der Waals surface area contributed by atoms with Gasteiger partial charge in [0.2, 0.25) is 11.8 Å². The minimum absolute atomic E-state index is 0.124. The van der Waals surface area contributed by atoms with E-state index >= 15 is 0 Å². The van der Waals surface area contributed by atoms with Crippen LogP contribution in [-0.2, 0) is 16.0 Å². The van der Waals surface area contributed by atoms with Crippen molar-refractivity contribution < 1.29 is 9.59 Å². The Bertz CT molecular complexity index is 572. The van der Waals surface area contributed by atoms with Crippen molar-refractivity contribution in [2.45, 2.75) is 51.5 Å². The van der Waals surface area contributed by atoms with Gasteiger partial charge in [-0.1, -0.05) is 29.8 Å². The van der Waals surface area contributed by atoms with Crippen LogP contribution in [0.25, 0.3) is 0 Å². The van der Waals surface area contributed by atoms with E-state index in [0.717, 1.165) is 45.2 Å². The van der Waals surface area contributed by atoms with Gasteiger partial charge in [0.25, 0.3) is 0 Å². The standard InChI is InChI=1S/C19H26N2O2/c1-14-3-2-4-15(13-14)5-8-18(22)20-17-9-11-21(12-10-17)19(23)16-6-7-16/h2-4,13,16-17H,5-12H2,1H3,(H,20,22). The van der Waals surface area contributed by atoms with E-state index in [9.17, 15) is 9.59 Å². The zero-order chi connectivity index (χ0) is 16.2. The molecule has 1 N–H and O–H groups in total. The van der Waals surface area contributed by atoms with Gasteiger partial charge in [-0.25, -0.2) is 0 Å². The van der Waals surface area contributed by atoms with Gasteiger partial charge in [0.1, 0.15) is 0 Å². The Hall–Kier alpha value is -1.84. The van der Waals surface area contributed by atoms with Gasteiger partial charge in [0.15, 0.2) is 0 Å². The van der Waals surface area contributed by atoms with Crippen molar-refractivity contribution in [3.8, 4) is 0 Å². The smallest absolute Gasteiger partial charge is 0.225 e. The molecule has 2 fully saturated rings. The van der Waals surface area contributed by atoms with E-state index in [1.807, 2.05) is 11.0 Å². The van der Waals surface area contributed by atoms with Crippen molar-refractivity contribution in [2.24, 2.45) is 5.92 Å². The molecule has 3 rings (SSSR count). The number of rotatable bonds is 5. The van der Waals surface area contributed by atoms with Gasteiger partial charge >= 0.3 is 0 Å². The molecule has 0 spiro atoms. The highest BCUT2D eigenvalue weighted by atomic mass is 16.2. The van der Waals surface area contributed by atoms with Gasteiger partial charge in [0.05, 0.1) is 0 Å². The van der Waals surface area contributed by atoms with E-state index in [2.05, 4.69) is 30.4 Å². The van der Waals surface area contributed by atoms with Crippen LogP contribution in [-0.4, -0.2) is 35.8 Å². The highest BCUT2D eigenvalue weighted by molar-refractivity contribution is 5.81. The van der Waals surface area contributed by atoms with Gasteiger partial charge in [0, 0.05) is 31.5 Å². The molecule has 0 atom stereocenters. The molecule has 4 heteroatoms. The average Bonchev–Trinajstić information content (AvgIpc) is 3.38. The second-order valence-electron chi connectivity index (χ2n) is 6.93. The third-order valence-corrected chi connectivity index (χ3v) is 4.82. The number of likely N-dealkylation sites (tertiary alicyclic amines) is 1. The predicted molar refractivity (Wildman–Crippen MR) is 90.0 cm³/mol. The molecule has 1 heterocycles. The van der Waals surface area contributed by atoms with Gasteiger partial charge in [-0.3, -0.25) is 9.59 Å². The van der Waals surface area contributed by atoms with Crippen LogP contribution in [0.2, 0.25) is 0 Å². The normalized spacial score (nSPS) is 18.7. The van der Waals surface area contributed by atoms with Crippen molar-refractivity contribution in [1.29, 1.82) is 0 Å². The highest BCUT2D eigenvalue weighted by Gasteiger charge is 2.34. The minimum Gasteiger partial charge on any atom is -0.353 e. The molecule has 0 radical (unpaired) electrons. The fourth-order valence-corrected chi connectivity index (χ4v) is 3.26. The monoisotopic (exact) mass is 314 g/mol. The molecule has 1 saturated heterocycles. The van der Waals surface area contributed by atoms with Gasteiger partial charge < -0.3 is 10.2 Å². The van der Waals surface area contributed by atoms with Crippen molar-refractivity contribution in [3.05, 3.63) is 35.4 Å². The topological polar surface area (TPSA) is 49.4 Å². The number of amides is 2. The summed E-state index contributed by atoms with van der Waals surface area (Å²) in [5.74, 6) is 0.753. The summed E-state index contributed by atoms with van der Waals surface area (Å²) in [7, 11) is 0. The molecule has 0 bridgehead atoms. The summed E-state index contributed by atoms with van der Waals surface area (Å²) in [5.41, 5.74) is 2.45. The number of carbonyl (C=O) groups excluding carboxylic acids is 2. The van der Waals surface area contributed by atoms with Crippen molar-refractivity contribution >= 4 is 11.8 Å². The molecule has 1 aliphatic carbocycles. The first kappa shape index (κ1) is 16.0. The van der Waals surface area contributed by atoms with Gasteiger partial charge in [-0.2, -0.15) is 0 Å². The molecule has 1 aromatic carbocycles. The SMILES string of the molecule is Cc1cccc(CCC(=O)NC2CCN(C(=O)C3CC3)CC2)c1. The third kappa shape index (κ3) is 4.57. The van der Waals surface area contributed by atoms with Crippen LogP contribution in [0.1, 0.15) is 43.2 Å². The number of hydrogen-bond donors (Lipinski definition) is 1. The molecular weight excluding hydrogens is 288 g/mol. The van der Waals surface area contributed by atoms with Crippen LogP contribution < -0.4 is 5.32 Å². The van der Waals surface area contributed by atoms with Crippen LogP contribution in [0.4, 0.5) is 0 Å². The molecule has 0 aromatic heterocycles. The summed E-state index contributed by atoms with van der Waals surface area (Å²) in [6.07, 6.45) is 5.21. The van der Waals surface area contributed by atoms with Crippen LogP contribution in [0.15, 0.2) is 24.3 Å². The Balaban J connectivity index is 1.38. The first-order valence-corrected chi connectivity index (χ1v) is 8.75. The summed E-state index contributed by atoms with van der Waals surface area (Å²) in [4.78, 5) is 26.1. The highest BCUT2D eigenvalue weighted by Crippen LogP contribution is 2.31. The molecule has 2 aliphatic rings. The number of hydrogen-bond acceptors (Lipinski definition) is 2. The van der Waals surface area contributed by atoms with Crippen LogP contribution in [0.5, 0.6) is 0 Å². The molecule has 124 valence electrons. The molecule has 4 nitrogen and oxygen atoms in total. The predicted octanol–water partition coefficient (Wildman–Crippen LogP) is 2.44. The second kappa shape index (κ2) is 7.16. The van der Waals surface area contributed by atoms with Gasteiger partial charge in [-0.05, 0) is 44.6 Å². The Kier molecular flexibility index (Phi) is 4.99. The van der Waals surface area contributed by atoms with Gasteiger partial charge in [-0.15, -0.1) is 0 Å². The summed E-state index contributed by atoms with van der Waals surface area (Å²) < 4.78 is 0. The maximum absolute atomic E-state index is 12.1. The lowest BCUT2D eigenvalue weighted by molar-refractivity contribution is -0.133. The lowest BCUT2D eigenvalue weighted by Gasteiger charge is -2.32. The summed E-state index contributed by atoms with van der Waals surface area (Å²) in [6, 6.07) is 8.54. The maximum Gasteiger partial charge on any atom is 0.225 e. The molecule has 0 unspecified atom stereocenters. The summed E-state index contributed by atoms with van der Waals surface area (Å²) in [6.45, 7) is 3.65. The molecule has 2 amide bonds. The Morgan fingerprint density at radius 2 is 1.91 bits per heavy atom. The third-order valence-electron chi connectivity index (χ3n) is 4.82. The first-order valence-electron chi connectivity index (χ1n) is 8.75. The fraction of sp³-hybridized carbons (Fsp3) is 0.579. The van der Waals surface area contributed by atoms with E-state index in [1.165, 1.54) is 11.1 Å². The molecule has 1 saturated carbocycles. The maximum atomic E-state index is 12.1. The molecular formula is C19H26N2O2. The Morgan fingerprint density at radius 1 is 1.17 bits per heavy atom. The zero-order valence-corrected chi connectivity index (χ0v) is 13.9. The van der Waals surface area contributed by atoms with Crippen molar-refractivity contribution in [2.75, 3.05) is 13.1 Å². The van der Waals surface area contributed by atoms with E-state index in [0.29, 0.717) is 18.2 Å². The molecule has 1 aliphatic heterocycles. The molecule has 1 aromatic rings. The van der Waals surface area contributed by atoms with E-state index in [1.54, 1.807) is 0 Å². The van der Waals surface area contributed by atoms with Crippen LogP contribution in [0, 0.1) is 12.8 Å². The van der Waals surface area contributed by atoms with Crippen LogP contribution in [0.3, 0.4) is 0 Å². The largest absolute Gasteiger partial charge is 0.353 e. The minimum atomic E-state index is 0.124. The number of aryl methyl sites for hydroxylation is 2. The summed E-state index contributed by atoms with van der Waals surface area (Å²) >= 11 is 0. The average molecular weight is 314 g/mol. The second-order valence-corrected chi connectivity index (χ2v) is 6.93. The quantitative estimate of drug-likeness (QED) is 0.907. The van der Waals surface area contributed by atoms with E-state index in [-0.39, 0.29) is 11.9 Å². The number of carbonyl (C=O) groups is 2.